The molecule has 15 heavy (non-hydrogen) atoms. The van der Waals surface area contributed by atoms with Gasteiger partial charge in [0.2, 0.25) is 0 Å². The molecule has 0 saturated carbocycles. The van der Waals surface area contributed by atoms with E-state index >= 15 is 0 Å². The zero-order valence-electron chi connectivity index (χ0n) is 8.16. The molecule has 2 aromatic rings. The smallest absolute Gasteiger partial charge is 0.153 e. The highest BCUT2D eigenvalue weighted by molar-refractivity contribution is 5.78. The zero-order valence-corrected chi connectivity index (χ0v) is 8.16. The van der Waals surface area contributed by atoms with Crippen molar-refractivity contribution in [3.63, 3.8) is 0 Å². The van der Waals surface area contributed by atoms with Crippen LogP contribution in [0.2, 0.25) is 0 Å². The normalized spacial score (nSPS) is 10.3. The van der Waals surface area contributed by atoms with Crippen LogP contribution >= 0.6 is 0 Å². The van der Waals surface area contributed by atoms with Crippen LogP contribution in [0.1, 0.15) is 16.1 Å². The van der Waals surface area contributed by atoms with Crippen LogP contribution in [0.25, 0.3) is 11.3 Å². The van der Waals surface area contributed by atoms with Gasteiger partial charge in [-0.15, -0.1) is 0 Å². The zero-order chi connectivity index (χ0) is 10.8. The molecular weight excluding hydrogens is 195 g/mol. The molecule has 3 heteroatoms. The van der Waals surface area contributed by atoms with Crippen molar-refractivity contribution in [1.82, 2.24) is 0 Å². The molecule has 0 N–H and O–H groups in total. The lowest BCUT2D eigenvalue weighted by Gasteiger charge is -2.00. The Morgan fingerprint density at radius 3 is 2.67 bits per heavy atom. The fourth-order valence-corrected chi connectivity index (χ4v) is 1.41. The van der Waals surface area contributed by atoms with Gasteiger partial charge in [0.1, 0.15) is 17.3 Å². The molecule has 0 fully saturated rings. The van der Waals surface area contributed by atoms with Crippen molar-refractivity contribution in [3.05, 3.63) is 47.5 Å². The van der Waals surface area contributed by atoms with Crippen LogP contribution in [0.3, 0.4) is 0 Å². The van der Waals surface area contributed by atoms with Crippen LogP contribution in [0, 0.1) is 12.7 Å². The molecule has 2 nitrogen and oxygen atoms in total. The molecule has 2 rings (SSSR count). The molecule has 1 heterocycles. The maximum absolute atomic E-state index is 13.7. The Morgan fingerprint density at radius 1 is 1.27 bits per heavy atom. The maximum atomic E-state index is 13.7. The highest BCUT2D eigenvalue weighted by Crippen LogP contribution is 2.25. The lowest BCUT2D eigenvalue weighted by atomic mass is 10.1. The molecule has 76 valence electrons. The van der Waals surface area contributed by atoms with Gasteiger partial charge in [0.25, 0.3) is 0 Å². The second kappa shape index (κ2) is 3.69. The molecule has 1 aromatic heterocycles. The highest BCUT2D eigenvalue weighted by Gasteiger charge is 2.11. The van der Waals surface area contributed by atoms with Crippen molar-refractivity contribution in [2.75, 3.05) is 0 Å². The van der Waals surface area contributed by atoms with Crippen molar-refractivity contribution in [3.8, 4) is 11.3 Å². The van der Waals surface area contributed by atoms with Gasteiger partial charge in [0, 0.05) is 0 Å². The van der Waals surface area contributed by atoms with E-state index in [9.17, 15) is 9.18 Å². The number of carbonyl (C=O) groups excluding carboxylic acids is 1. The molecule has 0 spiro atoms. The summed E-state index contributed by atoms with van der Waals surface area (Å²) in [4.78, 5) is 10.5. The number of benzene rings is 1. The largest absolute Gasteiger partial charge is 0.461 e. The molecule has 0 aliphatic carbocycles. The van der Waals surface area contributed by atoms with Gasteiger partial charge in [0.15, 0.2) is 6.29 Å². The van der Waals surface area contributed by atoms with Crippen LogP contribution in [0.5, 0.6) is 0 Å². The summed E-state index contributed by atoms with van der Waals surface area (Å²) in [5, 5.41) is 0. The van der Waals surface area contributed by atoms with Gasteiger partial charge in [0.05, 0.1) is 11.1 Å². The standard InChI is InChI=1S/C12H9FO2/c1-8-5-6-11(15-8)10-4-2-3-9(7-14)12(10)13/h2-7H,1H3. The topological polar surface area (TPSA) is 30.2 Å². The number of hydrogen-bond donors (Lipinski definition) is 0. The summed E-state index contributed by atoms with van der Waals surface area (Å²) in [5.41, 5.74) is 0.356. The van der Waals surface area contributed by atoms with Gasteiger partial charge in [-0.3, -0.25) is 4.79 Å². The predicted octanol–water partition coefficient (Wildman–Crippen LogP) is 3.21. The lowest BCUT2D eigenvalue weighted by molar-refractivity contribution is 0.112. The first-order valence-electron chi connectivity index (χ1n) is 4.53. The Hall–Kier alpha value is -1.90. The quantitative estimate of drug-likeness (QED) is 0.703. The van der Waals surface area contributed by atoms with Crippen molar-refractivity contribution in [1.29, 1.82) is 0 Å². The summed E-state index contributed by atoms with van der Waals surface area (Å²) in [5.74, 6) is 0.608. The highest BCUT2D eigenvalue weighted by atomic mass is 19.1. The average molecular weight is 204 g/mol. The molecule has 0 radical (unpaired) electrons. The van der Waals surface area contributed by atoms with Crippen molar-refractivity contribution < 1.29 is 13.6 Å². The van der Waals surface area contributed by atoms with E-state index in [1.165, 1.54) is 6.07 Å². The van der Waals surface area contributed by atoms with Gasteiger partial charge in [-0.1, -0.05) is 6.07 Å². The second-order valence-corrected chi connectivity index (χ2v) is 3.24. The number of hydrogen-bond acceptors (Lipinski definition) is 2. The number of halogens is 1. The molecule has 0 unspecified atom stereocenters. The molecular formula is C12H9FO2. The van der Waals surface area contributed by atoms with Crippen LogP contribution in [0.15, 0.2) is 34.7 Å². The van der Waals surface area contributed by atoms with Gasteiger partial charge >= 0.3 is 0 Å². The van der Waals surface area contributed by atoms with Crippen LogP contribution in [0.4, 0.5) is 4.39 Å². The van der Waals surface area contributed by atoms with Crippen molar-refractivity contribution >= 4 is 6.29 Å². The Labute approximate surface area is 86.3 Å². The van der Waals surface area contributed by atoms with Crippen LogP contribution in [-0.2, 0) is 0 Å². The molecule has 0 saturated heterocycles. The molecule has 0 aliphatic rings. The van der Waals surface area contributed by atoms with Crippen LogP contribution in [-0.4, -0.2) is 6.29 Å². The van der Waals surface area contributed by atoms with Gasteiger partial charge < -0.3 is 4.42 Å². The van der Waals surface area contributed by atoms with Gasteiger partial charge in [-0.2, -0.15) is 0 Å². The lowest BCUT2D eigenvalue weighted by Crippen LogP contribution is -1.90. The van der Waals surface area contributed by atoms with E-state index in [1.54, 1.807) is 31.2 Å². The van der Waals surface area contributed by atoms with Crippen LogP contribution < -0.4 is 0 Å². The molecule has 0 bridgehead atoms. The number of aldehydes is 1. The van der Waals surface area contributed by atoms with E-state index in [4.69, 9.17) is 4.42 Å². The molecule has 1 aromatic carbocycles. The van der Waals surface area contributed by atoms with E-state index in [-0.39, 0.29) is 5.56 Å². The van der Waals surface area contributed by atoms with Crippen molar-refractivity contribution in [2.45, 2.75) is 6.92 Å². The summed E-state index contributed by atoms with van der Waals surface area (Å²) in [6.45, 7) is 1.78. The fourth-order valence-electron chi connectivity index (χ4n) is 1.41. The second-order valence-electron chi connectivity index (χ2n) is 3.24. The number of carbonyl (C=O) groups is 1. The Bertz CT molecular complexity index is 500. The van der Waals surface area contributed by atoms with E-state index < -0.39 is 5.82 Å². The summed E-state index contributed by atoms with van der Waals surface area (Å²) in [7, 11) is 0. The number of aryl methyl sites for hydroxylation is 1. The Morgan fingerprint density at radius 2 is 2.07 bits per heavy atom. The van der Waals surface area contributed by atoms with Gasteiger partial charge in [-0.25, -0.2) is 4.39 Å². The minimum absolute atomic E-state index is 0.0431. The summed E-state index contributed by atoms with van der Waals surface area (Å²) >= 11 is 0. The molecule has 0 aliphatic heterocycles. The molecule has 0 atom stereocenters. The number of rotatable bonds is 2. The fraction of sp³-hybridized carbons (Fsp3) is 0.0833. The first-order valence-corrected chi connectivity index (χ1v) is 4.53. The first-order chi connectivity index (χ1) is 7.22. The van der Waals surface area contributed by atoms with E-state index in [0.29, 0.717) is 23.4 Å². The molecule has 0 amide bonds. The monoisotopic (exact) mass is 204 g/mol. The Kier molecular flexibility index (Phi) is 2.37. The maximum Gasteiger partial charge on any atom is 0.153 e. The average Bonchev–Trinajstić information content (AvgIpc) is 2.65. The SMILES string of the molecule is Cc1ccc(-c2cccc(C=O)c2F)o1. The third-order valence-corrected chi connectivity index (χ3v) is 2.16. The minimum Gasteiger partial charge on any atom is -0.461 e. The minimum atomic E-state index is -0.540. The predicted molar refractivity (Wildman–Crippen MR) is 54.2 cm³/mol. The third-order valence-electron chi connectivity index (χ3n) is 2.16. The first kappa shape index (κ1) is 9.65. The summed E-state index contributed by atoms with van der Waals surface area (Å²) in [6.07, 6.45) is 0.495. The van der Waals surface area contributed by atoms with Crippen molar-refractivity contribution in [2.24, 2.45) is 0 Å². The Balaban J connectivity index is 2.58. The summed E-state index contributed by atoms with van der Waals surface area (Å²) < 4.78 is 19.0. The van der Waals surface area contributed by atoms with E-state index in [0.717, 1.165) is 0 Å². The van der Waals surface area contributed by atoms with Gasteiger partial charge in [-0.05, 0) is 31.2 Å². The summed E-state index contributed by atoms with van der Waals surface area (Å²) in [6, 6.07) is 8.08. The third kappa shape index (κ3) is 1.68. The van der Waals surface area contributed by atoms with E-state index in [1.807, 2.05) is 0 Å². The number of furan rings is 1. The van der Waals surface area contributed by atoms with E-state index in [2.05, 4.69) is 0 Å².